The van der Waals surface area contributed by atoms with Gasteiger partial charge in [-0.05, 0) is 50.4 Å². The second kappa shape index (κ2) is 5.40. The summed E-state index contributed by atoms with van der Waals surface area (Å²) in [4.78, 5) is 27.2. The Labute approximate surface area is 149 Å². The molecule has 0 saturated heterocycles. The molecule has 2 saturated carbocycles. The van der Waals surface area contributed by atoms with Gasteiger partial charge in [0.1, 0.15) is 0 Å². The molecular weight excluding hydrogens is 308 g/mol. The fourth-order valence-corrected chi connectivity index (χ4v) is 6.61. The largest absolute Gasteiger partial charge is 0.294 e. The molecule has 4 aliphatic carbocycles. The van der Waals surface area contributed by atoms with E-state index in [1.165, 1.54) is 25.7 Å². The maximum Gasteiger partial charge on any atom is 0.170 e. The van der Waals surface area contributed by atoms with Gasteiger partial charge in [-0.2, -0.15) is 0 Å². The van der Waals surface area contributed by atoms with Crippen molar-refractivity contribution in [1.29, 1.82) is 0 Å². The molecule has 0 aliphatic heterocycles. The predicted octanol–water partition coefficient (Wildman–Crippen LogP) is 5.38. The zero-order chi connectivity index (χ0) is 17.2. The van der Waals surface area contributed by atoms with Crippen molar-refractivity contribution in [3.8, 4) is 0 Å². The first-order valence-corrected chi connectivity index (χ1v) is 10.0. The molecule has 130 valence electrons. The first-order chi connectivity index (χ1) is 12.1. The monoisotopic (exact) mass is 334 g/mol. The number of rotatable bonds is 0. The molecule has 0 bridgehead atoms. The minimum absolute atomic E-state index is 0.128. The highest BCUT2D eigenvalue weighted by Crippen LogP contribution is 2.61. The van der Waals surface area contributed by atoms with Gasteiger partial charge in [-0.1, -0.05) is 55.2 Å². The Morgan fingerprint density at radius 2 is 1.56 bits per heavy atom. The fraction of sp³-hybridized carbons (Fsp3) is 0.565. The number of carbonyl (C=O) groups is 2. The van der Waals surface area contributed by atoms with E-state index in [4.69, 9.17) is 0 Å². The SMILES string of the molecule is C[C@]12C(=O)c3ccccc3C(=O)[C@H]1[C@H]1CCCCC1=C1CCCC[C@H]12. The van der Waals surface area contributed by atoms with E-state index in [0.29, 0.717) is 23.0 Å². The summed E-state index contributed by atoms with van der Waals surface area (Å²) in [7, 11) is 0. The van der Waals surface area contributed by atoms with E-state index in [9.17, 15) is 9.59 Å². The molecule has 4 atom stereocenters. The number of benzene rings is 1. The summed E-state index contributed by atoms with van der Waals surface area (Å²) in [6, 6.07) is 7.55. The average Bonchev–Trinajstić information content (AvgIpc) is 2.67. The van der Waals surface area contributed by atoms with Crippen molar-refractivity contribution in [1.82, 2.24) is 0 Å². The normalized spacial score (nSPS) is 37.1. The van der Waals surface area contributed by atoms with Gasteiger partial charge in [-0.25, -0.2) is 0 Å². The van der Waals surface area contributed by atoms with Crippen molar-refractivity contribution in [2.24, 2.45) is 23.2 Å². The first-order valence-electron chi connectivity index (χ1n) is 10.0. The second-order valence-corrected chi connectivity index (χ2v) is 8.70. The Morgan fingerprint density at radius 1 is 0.880 bits per heavy atom. The van der Waals surface area contributed by atoms with Crippen LogP contribution in [0.1, 0.15) is 79.0 Å². The zero-order valence-corrected chi connectivity index (χ0v) is 15.0. The standard InChI is InChI=1S/C23H26O2/c1-23-19-13-7-6-9-15(19)14-8-2-3-10-16(14)20(23)21(24)17-11-4-5-12-18(17)22(23)25/h4-5,11-12,16,19-20H,2-3,6-10,13H2,1H3/t16-,19+,20+,23+/m0/s1. The Kier molecular flexibility index (Phi) is 3.36. The van der Waals surface area contributed by atoms with Crippen LogP contribution < -0.4 is 0 Å². The number of hydrogen-bond acceptors (Lipinski definition) is 2. The molecule has 0 unspecified atom stereocenters. The van der Waals surface area contributed by atoms with Crippen LogP contribution in [-0.4, -0.2) is 11.6 Å². The van der Waals surface area contributed by atoms with Crippen LogP contribution in [0.25, 0.3) is 0 Å². The lowest BCUT2D eigenvalue weighted by atomic mass is 9.46. The Hall–Kier alpha value is -1.70. The summed E-state index contributed by atoms with van der Waals surface area (Å²) in [5.74, 6) is 0.957. The van der Waals surface area contributed by atoms with E-state index in [1.807, 2.05) is 24.3 Å². The van der Waals surface area contributed by atoms with Gasteiger partial charge in [0.25, 0.3) is 0 Å². The van der Waals surface area contributed by atoms with Crippen LogP contribution in [0.5, 0.6) is 0 Å². The molecule has 1 aromatic carbocycles. The summed E-state index contributed by atoms with van der Waals surface area (Å²) in [5.41, 5.74) is 4.00. The van der Waals surface area contributed by atoms with Crippen LogP contribution in [0.3, 0.4) is 0 Å². The van der Waals surface area contributed by atoms with Gasteiger partial charge in [0.05, 0.1) is 0 Å². The van der Waals surface area contributed by atoms with Crippen LogP contribution in [0.15, 0.2) is 35.4 Å². The number of hydrogen-bond donors (Lipinski definition) is 0. The van der Waals surface area contributed by atoms with Gasteiger partial charge in [0.2, 0.25) is 0 Å². The van der Waals surface area contributed by atoms with E-state index >= 15 is 0 Å². The Bertz CT molecular complexity index is 802. The summed E-state index contributed by atoms with van der Waals surface area (Å²) in [6.07, 6.45) is 9.38. The van der Waals surface area contributed by atoms with Crippen molar-refractivity contribution < 1.29 is 9.59 Å². The molecule has 0 N–H and O–H groups in total. The lowest BCUT2D eigenvalue weighted by molar-refractivity contribution is 0.0234. The summed E-state index contributed by atoms with van der Waals surface area (Å²) >= 11 is 0. The van der Waals surface area contributed by atoms with Crippen LogP contribution in [0, 0.1) is 23.2 Å². The second-order valence-electron chi connectivity index (χ2n) is 8.70. The molecule has 2 heteroatoms. The highest BCUT2D eigenvalue weighted by atomic mass is 16.1. The number of Topliss-reactive ketones (excluding diaryl/α,β-unsaturated/α-hetero) is 2. The molecule has 1 aromatic rings. The first kappa shape index (κ1) is 15.5. The predicted molar refractivity (Wildman–Crippen MR) is 97.6 cm³/mol. The van der Waals surface area contributed by atoms with E-state index in [0.717, 1.165) is 25.7 Å². The number of allylic oxidation sites excluding steroid dienone is 2. The van der Waals surface area contributed by atoms with Gasteiger partial charge >= 0.3 is 0 Å². The third-order valence-corrected chi connectivity index (χ3v) is 7.66. The number of carbonyl (C=O) groups excluding carboxylic acids is 2. The molecule has 0 radical (unpaired) electrons. The molecule has 0 aromatic heterocycles. The average molecular weight is 334 g/mol. The fourth-order valence-electron chi connectivity index (χ4n) is 6.61. The number of ketones is 2. The van der Waals surface area contributed by atoms with Crippen LogP contribution >= 0.6 is 0 Å². The number of fused-ring (bicyclic) bond motifs is 6. The van der Waals surface area contributed by atoms with Gasteiger partial charge in [0, 0.05) is 22.5 Å². The quantitative estimate of drug-likeness (QED) is 0.597. The minimum atomic E-state index is -0.521. The van der Waals surface area contributed by atoms with Gasteiger partial charge in [-0.3, -0.25) is 9.59 Å². The molecule has 5 rings (SSSR count). The van der Waals surface area contributed by atoms with Gasteiger partial charge in [0.15, 0.2) is 11.6 Å². The van der Waals surface area contributed by atoms with E-state index in [-0.39, 0.29) is 17.5 Å². The molecule has 2 fully saturated rings. The Morgan fingerprint density at radius 3 is 2.36 bits per heavy atom. The topological polar surface area (TPSA) is 34.1 Å². The smallest absolute Gasteiger partial charge is 0.170 e. The van der Waals surface area contributed by atoms with Crippen LogP contribution in [-0.2, 0) is 0 Å². The molecule has 0 spiro atoms. The lowest BCUT2D eigenvalue weighted by Crippen LogP contribution is -2.56. The molecule has 25 heavy (non-hydrogen) atoms. The van der Waals surface area contributed by atoms with Crippen LogP contribution in [0.2, 0.25) is 0 Å². The molecule has 0 heterocycles. The molecule has 0 amide bonds. The van der Waals surface area contributed by atoms with Crippen molar-refractivity contribution in [3.05, 3.63) is 46.5 Å². The maximum absolute atomic E-state index is 13.7. The third kappa shape index (κ3) is 1.91. The highest BCUT2D eigenvalue weighted by Gasteiger charge is 2.61. The van der Waals surface area contributed by atoms with Crippen LogP contribution in [0.4, 0.5) is 0 Å². The maximum atomic E-state index is 13.7. The Balaban J connectivity index is 1.76. The van der Waals surface area contributed by atoms with Gasteiger partial charge in [-0.15, -0.1) is 0 Å². The lowest BCUT2D eigenvalue weighted by Gasteiger charge is -2.55. The minimum Gasteiger partial charge on any atom is -0.294 e. The van der Waals surface area contributed by atoms with E-state index < -0.39 is 5.41 Å². The van der Waals surface area contributed by atoms with Crippen molar-refractivity contribution in [3.63, 3.8) is 0 Å². The molecular formula is C23H26O2. The summed E-state index contributed by atoms with van der Waals surface area (Å²) in [6.45, 7) is 2.13. The van der Waals surface area contributed by atoms with Gasteiger partial charge < -0.3 is 0 Å². The zero-order valence-electron chi connectivity index (χ0n) is 15.0. The summed E-state index contributed by atoms with van der Waals surface area (Å²) in [5, 5.41) is 0. The van der Waals surface area contributed by atoms with E-state index in [1.54, 1.807) is 11.1 Å². The van der Waals surface area contributed by atoms with E-state index in [2.05, 4.69) is 6.92 Å². The van der Waals surface area contributed by atoms with Crippen molar-refractivity contribution in [2.75, 3.05) is 0 Å². The van der Waals surface area contributed by atoms with Crippen molar-refractivity contribution >= 4 is 11.6 Å². The molecule has 2 nitrogen and oxygen atoms in total. The molecule has 4 aliphatic rings. The third-order valence-electron chi connectivity index (χ3n) is 7.66. The van der Waals surface area contributed by atoms with Crippen molar-refractivity contribution in [2.45, 2.75) is 58.3 Å². The summed E-state index contributed by atoms with van der Waals surface area (Å²) < 4.78 is 0. The highest BCUT2D eigenvalue weighted by molar-refractivity contribution is 6.18.